The molecule has 2 aromatic heterocycles. The monoisotopic (exact) mass is 257 g/mol. The summed E-state index contributed by atoms with van der Waals surface area (Å²) in [4.78, 5) is 19.2. The molecule has 2 N–H and O–H groups in total. The Morgan fingerprint density at radius 1 is 1.33 bits per heavy atom. The SMILES string of the molecule is O=C(Cc1ccsc1)Nc1nc2ccccc2[nH]1. The lowest BCUT2D eigenvalue weighted by Crippen LogP contribution is -2.14. The minimum atomic E-state index is -0.0625. The zero-order valence-electron chi connectivity index (χ0n) is 9.51. The first-order valence-electron chi connectivity index (χ1n) is 5.57. The standard InChI is InChI=1S/C13H11N3OS/c17-12(7-9-5-6-18-8-9)16-13-14-10-3-1-2-4-11(10)15-13/h1-6,8H,7H2,(H2,14,15,16,17). The van der Waals surface area contributed by atoms with Crippen LogP contribution in [0.3, 0.4) is 0 Å². The molecule has 3 aromatic rings. The van der Waals surface area contributed by atoms with Crippen molar-refractivity contribution in [2.75, 3.05) is 5.32 Å². The molecule has 0 saturated carbocycles. The van der Waals surface area contributed by atoms with Crippen LogP contribution in [0.4, 0.5) is 5.95 Å². The van der Waals surface area contributed by atoms with Crippen molar-refractivity contribution in [2.45, 2.75) is 6.42 Å². The first-order valence-corrected chi connectivity index (χ1v) is 6.51. The molecule has 18 heavy (non-hydrogen) atoms. The van der Waals surface area contributed by atoms with Crippen LogP contribution < -0.4 is 5.32 Å². The number of amides is 1. The number of aromatic nitrogens is 2. The zero-order chi connectivity index (χ0) is 12.4. The average molecular weight is 257 g/mol. The van der Waals surface area contributed by atoms with Crippen molar-refractivity contribution >= 4 is 34.2 Å². The van der Waals surface area contributed by atoms with Crippen molar-refractivity contribution in [2.24, 2.45) is 0 Å². The van der Waals surface area contributed by atoms with Crippen LogP contribution in [-0.4, -0.2) is 15.9 Å². The maximum atomic E-state index is 11.8. The molecular formula is C13H11N3OS. The molecule has 0 unspecified atom stereocenters. The number of rotatable bonds is 3. The molecule has 0 spiro atoms. The Kier molecular flexibility index (Phi) is 2.82. The summed E-state index contributed by atoms with van der Waals surface area (Å²) in [5.41, 5.74) is 2.79. The number of anilines is 1. The highest BCUT2D eigenvalue weighted by molar-refractivity contribution is 7.08. The number of benzene rings is 1. The third-order valence-electron chi connectivity index (χ3n) is 2.59. The van der Waals surface area contributed by atoms with Gasteiger partial charge in [0.05, 0.1) is 17.5 Å². The molecule has 2 heterocycles. The Hall–Kier alpha value is -2.14. The van der Waals surface area contributed by atoms with Gasteiger partial charge in [-0.3, -0.25) is 10.1 Å². The fourth-order valence-corrected chi connectivity index (χ4v) is 2.44. The Balaban J connectivity index is 1.74. The van der Waals surface area contributed by atoms with Crippen molar-refractivity contribution in [3.05, 3.63) is 46.7 Å². The molecular weight excluding hydrogens is 246 g/mol. The summed E-state index contributed by atoms with van der Waals surface area (Å²) < 4.78 is 0. The van der Waals surface area contributed by atoms with Crippen LogP contribution in [-0.2, 0) is 11.2 Å². The Morgan fingerprint density at radius 2 is 2.22 bits per heavy atom. The highest BCUT2D eigenvalue weighted by atomic mass is 32.1. The first kappa shape index (κ1) is 11.0. The van der Waals surface area contributed by atoms with Crippen LogP contribution in [0.5, 0.6) is 0 Å². The van der Waals surface area contributed by atoms with Crippen LogP contribution in [0.25, 0.3) is 11.0 Å². The number of hydrogen-bond acceptors (Lipinski definition) is 3. The number of thiophene rings is 1. The topological polar surface area (TPSA) is 57.8 Å². The van der Waals surface area contributed by atoms with Crippen molar-refractivity contribution < 1.29 is 4.79 Å². The molecule has 0 radical (unpaired) electrons. The van der Waals surface area contributed by atoms with E-state index in [0.717, 1.165) is 16.6 Å². The molecule has 5 heteroatoms. The Labute approximate surface area is 108 Å². The highest BCUT2D eigenvalue weighted by Crippen LogP contribution is 2.14. The molecule has 0 aliphatic carbocycles. The lowest BCUT2D eigenvalue weighted by atomic mass is 10.2. The van der Waals surface area contributed by atoms with Crippen LogP contribution in [0, 0.1) is 0 Å². The summed E-state index contributed by atoms with van der Waals surface area (Å²) in [6.45, 7) is 0. The Bertz CT molecular complexity index is 639. The van der Waals surface area contributed by atoms with Gasteiger partial charge >= 0.3 is 0 Å². The molecule has 4 nitrogen and oxygen atoms in total. The van der Waals surface area contributed by atoms with Gasteiger partial charge in [0.25, 0.3) is 0 Å². The molecule has 0 atom stereocenters. The summed E-state index contributed by atoms with van der Waals surface area (Å²) >= 11 is 1.59. The summed E-state index contributed by atoms with van der Waals surface area (Å²) in [6.07, 6.45) is 0.376. The second-order valence-corrected chi connectivity index (χ2v) is 4.74. The van der Waals surface area contributed by atoms with Crippen LogP contribution in [0.1, 0.15) is 5.56 Å². The molecule has 0 aliphatic rings. The van der Waals surface area contributed by atoms with Gasteiger partial charge in [0.1, 0.15) is 0 Å². The number of fused-ring (bicyclic) bond motifs is 1. The summed E-state index contributed by atoms with van der Waals surface area (Å²) in [7, 11) is 0. The first-order chi connectivity index (χ1) is 8.81. The van der Waals surface area contributed by atoms with Gasteiger partial charge in [-0.2, -0.15) is 11.3 Å². The van der Waals surface area contributed by atoms with Gasteiger partial charge in [-0.25, -0.2) is 4.98 Å². The quantitative estimate of drug-likeness (QED) is 0.758. The van der Waals surface area contributed by atoms with Crippen molar-refractivity contribution in [1.29, 1.82) is 0 Å². The van der Waals surface area contributed by atoms with E-state index in [-0.39, 0.29) is 5.91 Å². The molecule has 1 aromatic carbocycles. The number of imidazole rings is 1. The van der Waals surface area contributed by atoms with E-state index in [1.165, 1.54) is 0 Å². The number of aromatic amines is 1. The van der Waals surface area contributed by atoms with Gasteiger partial charge in [0, 0.05) is 0 Å². The molecule has 1 amide bonds. The average Bonchev–Trinajstić information content (AvgIpc) is 2.96. The van der Waals surface area contributed by atoms with Crippen LogP contribution in [0.15, 0.2) is 41.1 Å². The van der Waals surface area contributed by atoms with Crippen molar-refractivity contribution in [3.63, 3.8) is 0 Å². The van der Waals surface area contributed by atoms with Gasteiger partial charge in [-0.05, 0) is 34.5 Å². The third kappa shape index (κ3) is 2.26. The lowest BCUT2D eigenvalue weighted by molar-refractivity contribution is -0.115. The van der Waals surface area contributed by atoms with E-state index in [9.17, 15) is 4.79 Å². The van der Waals surface area contributed by atoms with E-state index in [1.807, 2.05) is 41.1 Å². The van der Waals surface area contributed by atoms with Crippen LogP contribution in [0.2, 0.25) is 0 Å². The van der Waals surface area contributed by atoms with Crippen molar-refractivity contribution in [1.82, 2.24) is 9.97 Å². The van der Waals surface area contributed by atoms with Crippen LogP contribution >= 0.6 is 11.3 Å². The van der Waals surface area contributed by atoms with Gasteiger partial charge in [-0.15, -0.1) is 0 Å². The second kappa shape index (κ2) is 4.62. The predicted octanol–water partition coefficient (Wildman–Crippen LogP) is 2.81. The van der Waals surface area contributed by atoms with Gasteiger partial charge in [-0.1, -0.05) is 12.1 Å². The fraction of sp³-hybridized carbons (Fsp3) is 0.0769. The van der Waals surface area contributed by atoms with Gasteiger partial charge < -0.3 is 4.98 Å². The second-order valence-electron chi connectivity index (χ2n) is 3.96. The van der Waals surface area contributed by atoms with E-state index in [4.69, 9.17) is 0 Å². The number of carbonyl (C=O) groups excluding carboxylic acids is 1. The number of nitrogens with one attached hydrogen (secondary N) is 2. The molecule has 0 bridgehead atoms. The van der Waals surface area contributed by atoms with Gasteiger partial charge in [0.15, 0.2) is 0 Å². The smallest absolute Gasteiger partial charge is 0.231 e. The van der Waals surface area contributed by atoms with E-state index < -0.39 is 0 Å². The third-order valence-corrected chi connectivity index (χ3v) is 3.32. The largest absolute Gasteiger partial charge is 0.324 e. The summed E-state index contributed by atoms with van der Waals surface area (Å²) in [6, 6.07) is 9.62. The highest BCUT2D eigenvalue weighted by Gasteiger charge is 2.07. The predicted molar refractivity (Wildman–Crippen MR) is 72.7 cm³/mol. The van der Waals surface area contributed by atoms with Gasteiger partial charge in [0.2, 0.25) is 11.9 Å². The molecule has 90 valence electrons. The van der Waals surface area contributed by atoms with E-state index in [2.05, 4.69) is 15.3 Å². The van der Waals surface area contributed by atoms with E-state index >= 15 is 0 Å². The molecule has 0 saturated heterocycles. The molecule has 0 aliphatic heterocycles. The molecule has 3 rings (SSSR count). The number of nitrogens with zero attached hydrogens (tertiary/aromatic N) is 1. The maximum Gasteiger partial charge on any atom is 0.231 e. The van der Waals surface area contributed by atoms with E-state index in [0.29, 0.717) is 12.4 Å². The fourth-order valence-electron chi connectivity index (χ4n) is 1.77. The number of para-hydroxylation sites is 2. The minimum absolute atomic E-state index is 0.0625. The minimum Gasteiger partial charge on any atom is -0.324 e. The number of H-pyrrole nitrogens is 1. The number of carbonyl (C=O) groups is 1. The summed E-state index contributed by atoms with van der Waals surface area (Å²) in [5.74, 6) is 0.434. The van der Waals surface area contributed by atoms with E-state index in [1.54, 1.807) is 11.3 Å². The number of hydrogen-bond donors (Lipinski definition) is 2. The maximum absolute atomic E-state index is 11.8. The normalized spacial score (nSPS) is 10.7. The lowest BCUT2D eigenvalue weighted by Gasteiger charge is -1.99. The zero-order valence-corrected chi connectivity index (χ0v) is 10.3. The summed E-state index contributed by atoms with van der Waals surface area (Å²) in [5, 5.41) is 6.70. The van der Waals surface area contributed by atoms with Crippen molar-refractivity contribution in [3.8, 4) is 0 Å². The Morgan fingerprint density at radius 3 is 3.00 bits per heavy atom. The molecule has 0 fully saturated rings.